The van der Waals surface area contributed by atoms with E-state index in [1.54, 1.807) is 6.07 Å². The number of pyridine rings is 1. The van der Waals surface area contributed by atoms with Gasteiger partial charge in [-0.05, 0) is 43.7 Å². The first-order chi connectivity index (χ1) is 9.61. The molecule has 0 aliphatic heterocycles. The third-order valence-electron chi connectivity index (χ3n) is 2.86. The summed E-state index contributed by atoms with van der Waals surface area (Å²) in [4.78, 5) is 16.5. The molecule has 5 heteroatoms. The van der Waals surface area contributed by atoms with E-state index < -0.39 is 0 Å². The monoisotopic (exact) mass is 333 g/mol. The Balaban J connectivity index is 2.19. The van der Waals surface area contributed by atoms with Gasteiger partial charge in [-0.25, -0.2) is 4.98 Å². The number of benzene rings is 1. The second kappa shape index (κ2) is 6.52. The summed E-state index contributed by atoms with van der Waals surface area (Å²) in [6.45, 7) is 4.70. The Bertz CT molecular complexity index is 628. The van der Waals surface area contributed by atoms with Crippen LogP contribution in [-0.4, -0.2) is 17.4 Å². The van der Waals surface area contributed by atoms with E-state index in [1.165, 1.54) is 0 Å². The Morgan fingerprint density at radius 3 is 2.75 bits per heavy atom. The molecular formula is C15H16BrN3O. The maximum absolute atomic E-state index is 12.2. The van der Waals surface area contributed by atoms with Crippen molar-refractivity contribution in [1.29, 1.82) is 0 Å². The zero-order valence-corrected chi connectivity index (χ0v) is 13.0. The Kier molecular flexibility index (Phi) is 4.74. The summed E-state index contributed by atoms with van der Waals surface area (Å²) < 4.78 is 0.963. The first-order valence-corrected chi connectivity index (χ1v) is 7.18. The fourth-order valence-electron chi connectivity index (χ4n) is 1.77. The average molecular weight is 334 g/mol. The number of amides is 1. The van der Waals surface area contributed by atoms with Crippen LogP contribution in [0.15, 0.2) is 40.9 Å². The maximum Gasteiger partial charge on any atom is 0.274 e. The van der Waals surface area contributed by atoms with Gasteiger partial charge in [0.1, 0.15) is 11.5 Å². The van der Waals surface area contributed by atoms with Crippen LogP contribution in [0.3, 0.4) is 0 Å². The predicted molar refractivity (Wildman–Crippen MR) is 85.2 cm³/mol. The predicted octanol–water partition coefficient (Wildman–Crippen LogP) is 3.84. The molecule has 0 atom stereocenters. The van der Waals surface area contributed by atoms with Gasteiger partial charge in [0.15, 0.2) is 0 Å². The van der Waals surface area contributed by atoms with Crippen molar-refractivity contribution in [3.8, 4) is 0 Å². The molecule has 0 unspecified atom stereocenters. The number of anilines is 2. The summed E-state index contributed by atoms with van der Waals surface area (Å²) in [5.74, 6) is 0.483. The van der Waals surface area contributed by atoms with Gasteiger partial charge in [-0.3, -0.25) is 4.79 Å². The number of aromatic nitrogens is 1. The van der Waals surface area contributed by atoms with Crippen molar-refractivity contribution in [1.82, 2.24) is 4.98 Å². The highest BCUT2D eigenvalue weighted by Crippen LogP contribution is 2.23. The Morgan fingerprint density at radius 1 is 1.25 bits per heavy atom. The lowest BCUT2D eigenvalue weighted by Crippen LogP contribution is -2.15. The highest BCUT2D eigenvalue weighted by atomic mass is 79.9. The van der Waals surface area contributed by atoms with E-state index in [4.69, 9.17) is 0 Å². The smallest absolute Gasteiger partial charge is 0.274 e. The molecule has 1 aromatic heterocycles. The zero-order valence-electron chi connectivity index (χ0n) is 11.4. The first-order valence-electron chi connectivity index (χ1n) is 6.39. The summed E-state index contributed by atoms with van der Waals surface area (Å²) in [5.41, 5.74) is 2.16. The molecule has 0 aliphatic carbocycles. The van der Waals surface area contributed by atoms with E-state index in [0.717, 1.165) is 22.3 Å². The molecule has 0 spiro atoms. The number of carbonyl (C=O) groups is 1. The molecule has 0 bridgehead atoms. The minimum Gasteiger partial charge on any atom is -0.370 e. The van der Waals surface area contributed by atoms with Crippen LogP contribution >= 0.6 is 15.9 Å². The topological polar surface area (TPSA) is 54.0 Å². The van der Waals surface area contributed by atoms with Crippen LogP contribution in [0.4, 0.5) is 11.5 Å². The molecule has 1 heterocycles. The molecule has 2 rings (SSSR count). The molecule has 2 N–H and O–H groups in total. The van der Waals surface area contributed by atoms with Gasteiger partial charge in [0.05, 0.1) is 0 Å². The van der Waals surface area contributed by atoms with Crippen LogP contribution in [0.2, 0.25) is 0 Å². The Morgan fingerprint density at radius 2 is 2.00 bits per heavy atom. The van der Waals surface area contributed by atoms with Crippen molar-refractivity contribution in [3.63, 3.8) is 0 Å². The van der Waals surface area contributed by atoms with Crippen LogP contribution in [0.5, 0.6) is 0 Å². The Hall–Kier alpha value is -1.88. The second-order valence-electron chi connectivity index (χ2n) is 4.30. The lowest BCUT2D eigenvalue weighted by molar-refractivity contribution is 0.102. The Labute approximate surface area is 126 Å². The molecule has 0 saturated carbocycles. The molecule has 20 heavy (non-hydrogen) atoms. The standard InChI is InChI=1S/C15H16BrN3O/c1-3-17-14-9-5-8-13(18-14)15(20)19-12-7-4-6-11(16)10(12)2/h4-9H,3H2,1-2H3,(H,17,18)(H,19,20). The third kappa shape index (κ3) is 3.36. The summed E-state index contributed by atoms with van der Waals surface area (Å²) >= 11 is 3.45. The van der Waals surface area contributed by atoms with Gasteiger partial charge in [-0.2, -0.15) is 0 Å². The number of nitrogens with zero attached hydrogens (tertiary/aromatic N) is 1. The van der Waals surface area contributed by atoms with Crippen LogP contribution in [0.1, 0.15) is 23.0 Å². The van der Waals surface area contributed by atoms with Gasteiger partial charge < -0.3 is 10.6 Å². The third-order valence-corrected chi connectivity index (χ3v) is 3.71. The highest BCUT2D eigenvalue weighted by molar-refractivity contribution is 9.10. The van der Waals surface area contributed by atoms with E-state index in [9.17, 15) is 4.79 Å². The molecule has 2 aromatic rings. The minimum atomic E-state index is -0.217. The van der Waals surface area contributed by atoms with Gasteiger partial charge in [0, 0.05) is 16.7 Å². The van der Waals surface area contributed by atoms with Crippen molar-refractivity contribution >= 4 is 33.3 Å². The van der Waals surface area contributed by atoms with E-state index in [2.05, 4.69) is 31.5 Å². The molecule has 4 nitrogen and oxygen atoms in total. The average Bonchev–Trinajstić information content (AvgIpc) is 2.44. The van der Waals surface area contributed by atoms with Gasteiger partial charge >= 0.3 is 0 Å². The maximum atomic E-state index is 12.2. The number of carbonyl (C=O) groups excluding carboxylic acids is 1. The van der Waals surface area contributed by atoms with Crippen LogP contribution in [0.25, 0.3) is 0 Å². The molecule has 0 radical (unpaired) electrons. The van der Waals surface area contributed by atoms with E-state index in [0.29, 0.717) is 11.5 Å². The van der Waals surface area contributed by atoms with E-state index in [-0.39, 0.29) is 5.91 Å². The largest absolute Gasteiger partial charge is 0.370 e. The molecule has 1 aromatic carbocycles. The van der Waals surface area contributed by atoms with Crippen molar-refractivity contribution < 1.29 is 4.79 Å². The van der Waals surface area contributed by atoms with E-state index in [1.807, 2.05) is 44.2 Å². The lowest BCUT2D eigenvalue weighted by Gasteiger charge is -2.10. The highest BCUT2D eigenvalue weighted by Gasteiger charge is 2.10. The normalized spacial score (nSPS) is 10.2. The molecule has 1 amide bonds. The van der Waals surface area contributed by atoms with Crippen LogP contribution in [-0.2, 0) is 0 Å². The van der Waals surface area contributed by atoms with Gasteiger partial charge in [-0.15, -0.1) is 0 Å². The number of hydrogen-bond acceptors (Lipinski definition) is 3. The summed E-state index contributed by atoms with van der Waals surface area (Å²) in [6.07, 6.45) is 0. The van der Waals surface area contributed by atoms with Crippen molar-refractivity contribution in [3.05, 3.63) is 52.1 Å². The first kappa shape index (κ1) is 14.5. The fourth-order valence-corrected chi connectivity index (χ4v) is 2.14. The summed E-state index contributed by atoms with van der Waals surface area (Å²) in [7, 11) is 0. The molecular weight excluding hydrogens is 318 g/mol. The molecule has 104 valence electrons. The number of nitrogens with one attached hydrogen (secondary N) is 2. The number of rotatable bonds is 4. The summed E-state index contributed by atoms with van der Waals surface area (Å²) in [6, 6.07) is 11.0. The SMILES string of the molecule is CCNc1cccc(C(=O)Nc2cccc(Br)c2C)n1. The fraction of sp³-hybridized carbons (Fsp3) is 0.200. The lowest BCUT2D eigenvalue weighted by atomic mass is 10.2. The quantitative estimate of drug-likeness (QED) is 0.893. The number of halogens is 1. The molecule has 0 fully saturated rings. The number of hydrogen-bond donors (Lipinski definition) is 2. The van der Waals surface area contributed by atoms with Crippen LogP contribution in [0, 0.1) is 6.92 Å². The summed E-state index contributed by atoms with van der Waals surface area (Å²) in [5, 5.41) is 5.97. The van der Waals surface area contributed by atoms with E-state index >= 15 is 0 Å². The van der Waals surface area contributed by atoms with Crippen molar-refractivity contribution in [2.45, 2.75) is 13.8 Å². The zero-order chi connectivity index (χ0) is 14.5. The van der Waals surface area contributed by atoms with Gasteiger partial charge in [0.25, 0.3) is 5.91 Å². The van der Waals surface area contributed by atoms with Crippen molar-refractivity contribution in [2.24, 2.45) is 0 Å². The van der Waals surface area contributed by atoms with Crippen molar-refractivity contribution in [2.75, 3.05) is 17.2 Å². The van der Waals surface area contributed by atoms with Gasteiger partial charge in [-0.1, -0.05) is 28.1 Å². The van der Waals surface area contributed by atoms with Crippen LogP contribution < -0.4 is 10.6 Å². The second-order valence-corrected chi connectivity index (χ2v) is 5.16. The molecule has 0 aliphatic rings. The molecule has 0 saturated heterocycles. The van der Waals surface area contributed by atoms with Gasteiger partial charge in [0.2, 0.25) is 0 Å². The minimum absolute atomic E-state index is 0.217.